The lowest BCUT2D eigenvalue weighted by molar-refractivity contribution is 0.0939. The van der Waals surface area contributed by atoms with Gasteiger partial charge in [-0.05, 0) is 138 Å². The van der Waals surface area contributed by atoms with E-state index < -0.39 is 0 Å². The van der Waals surface area contributed by atoms with Gasteiger partial charge in [0.15, 0.2) is 0 Å². The highest BCUT2D eigenvalue weighted by Gasteiger charge is 2.46. The summed E-state index contributed by atoms with van der Waals surface area (Å²) in [6.45, 7) is 4.92. The molecule has 0 N–H and O–H groups in total. The lowest BCUT2D eigenvalue weighted by Gasteiger charge is -2.42. The van der Waals surface area contributed by atoms with Crippen molar-refractivity contribution in [1.82, 2.24) is 4.90 Å². The van der Waals surface area contributed by atoms with E-state index in [1.54, 1.807) is 0 Å². The van der Waals surface area contributed by atoms with Crippen LogP contribution in [0, 0.1) is 5.92 Å². The van der Waals surface area contributed by atoms with E-state index >= 15 is 0 Å². The fraction of sp³-hybridized carbons (Fsp3) is 0.193. The van der Waals surface area contributed by atoms with Gasteiger partial charge in [0.2, 0.25) is 0 Å². The number of fused-ring (bicyclic) bond motifs is 8. The van der Waals surface area contributed by atoms with E-state index in [4.69, 9.17) is 4.74 Å². The minimum absolute atomic E-state index is 0.0154. The Morgan fingerprint density at radius 3 is 2.22 bits per heavy atom. The van der Waals surface area contributed by atoms with Crippen molar-refractivity contribution in [1.29, 1.82) is 0 Å². The number of benzene rings is 6. The van der Waals surface area contributed by atoms with Gasteiger partial charge in [0.05, 0.1) is 11.4 Å². The van der Waals surface area contributed by atoms with E-state index in [9.17, 15) is 0 Å². The van der Waals surface area contributed by atoms with Crippen molar-refractivity contribution in [3.63, 3.8) is 0 Å². The van der Waals surface area contributed by atoms with Crippen molar-refractivity contribution in [3.05, 3.63) is 210 Å². The van der Waals surface area contributed by atoms with Crippen molar-refractivity contribution in [2.45, 2.75) is 63.4 Å². The molecule has 0 fully saturated rings. The summed E-state index contributed by atoms with van der Waals surface area (Å²) in [7, 11) is 0. The van der Waals surface area contributed by atoms with E-state index in [0.717, 1.165) is 37.9 Å². The summed E-state index contributed by atoms with van der Waals surface area (Å²) in [5.74, 6) is 1.92. The maximum absolute atomic E-state index is 6.95. The lowest BCUT2D eigenvalue weighted by Crippen LogP contribution is -2.37. The van der Waals surface area contributed by atoms with Gasteiger partial charge in [-0.2, -0.15) is 0 Å². The monoisotopic (exact) mass is 761 g/mol. The Balaban J connectivity index is 1.11. The van der Waals surface area contributed by atoms with E-state index in [0.29, 0.717) is 11.8 Å². The van der Waals surface area contributed by atoms with Crippen molar-refractivity contribution < 1.29 is 4.74 Å². The quantitative estimate of drug-likeness (QED) is 0.166. The molecule has 3 atom stereocenters. The number of allylic oxidation sites excluding steroid dienone is 12. The van der Waals surface area contributed by atoms with Crippen LogP contribution in [0.3, 0.4) is 0 Å². The molecular weight excluding hydrogens is 715 g/mol. The normalized spacial score (nSPS) is 22.4. The van der Waals surface area contributed by atoms with E-state index in [2.05, 4.69) is 189 Å². The average molecular weight is 762 g/mol. The first-order valence-corrected chi connectivity index (χ1v) is 21.6. The first-order chi connectivity index (χ1) is 29.0. The van der Waals surface area contributed by atoms with Crippen LogP contribution >= 0.6 is 0 Å². The van der Waals surface area contributed by atoms with Crippen LogP contribution in [-0.4, -0.2) is 11.0 Å². The summed E-state index contributed by atoms with van der Waals surface area (Å²) in [5, 5.41) is 7.85. The molecule has 1 heterocycles. The van der Waals surface area contributed by atoms with Crippen LogP contribution in [0.1, 0.15) is 68.6 Å². The Hall–Kier alpha value is -6.38. The summed E-state index contributed by atoms with van der Waals surface area (Å²) in [6.07, 6.45) is 30.5. The van der Waals surface area contributed by atoms with E-state index in [-0.39, 0.29) is 11.5 Å². The Morgan fingerprint density at radius 2 is 1.39 bits per heavy atom. The highest BCUT2D eigenvalue weighted by molar-refractivity contribution is 6.24. The first-order valence-electron chi connectivity index (χ1n) is 21.6. The third-order valence-corrected chi connectivity index (χ3v) is 14.1. The minimum Gasteiger partial charge on any atom is -0.486 e. The molecule has 1 aliphatic heterocycles. The zero-order chi connectivity index (χ0) is 39.2. The van der Waals surface area contributed by atoms with Crippen molar-refractivity contribution in [2.24, 2.45) is 5.92 Å². The topological polar surface area (TPSA) is 12.5 Å². The van der Waals surface area contributed by atoms with E-state index in [1.807, 2.05) is 0 Å². The van der Waals surface area contributed by atoms with Crippen LogP contribution in [0.4, 0.5) is 0 Å². The standard InChI is InChI=1S/C57H47NO/c1-57(2)48-26-14-13-25-45(48)56-41-22-10-9-21-40(41)47(35-49(56)57)55-43-24-12-11-23-42(43)54(36-17-5-3-6-18-36)44-31-29-37(33-46(44)55)38-30-32-51-53(34-38)59-52-28-16-15-27-50(52)58(51)39-19-7-4-8-20-39/h3,5-7,9-15,17-27,29-33,35,45,48,53H,4,8,16,28,34H2,1-2H3. The minimum atomic E-state index is -0.0438. The number of ether oxygens (including phenoxy) is 1. The number of nitrogens with zero attached hydrogens (tertiary/aromatic N) is 1. The van der Waals surface area contributed by atoms with E-state index in [1.165, 1.54) is 93.9 Å². The molecule has 6 aromatic rings. The Morgan fingerprint density at radius 1 is 0.644 bits per heavy atom. The van der Waals surface area contributed by atoms with Gasteiger partial charge in [0.1, 0.15) is 11.9 Å². The molecule has 6 aromatic carbocycles. The molecule has 0 bridgehead atoms. The molecule has 59 heavy (non-hydrogen) atoms. The van der Waals surface area contributed by atoms with Crippen LogP contribution in [0.25, 0.3) is 60.1 Å². The van der Waals surface area contributed by atoms with Crippen molar-refractivity contribution in [3.8, 4) is 22.3 Å². The van der Waals surface area contributed by atoms with Gasteiger partial charge in [-0.25, -0.2) is 0 Å². The molecular formula is C57H47NO. The van der Waals surface area contributed by atoms with Gasteiger partial charge < -0.3 is 9.64 Å². The van der Waals surface area contributed by atoms with Crippen LogP contribution in [-0.2, 0) is 10.2 Å². The molecule has 0 spiro atoms. The van der Waals surface area contributed by atoms with Crippen LogP contribution in [0.5, 0.6) is 0 Å². The number of hydrogen-bond acceptors (Lipinski definition) is 2. The molecule has 6 aliphatic rings. The predicted molar refractivity (Wildman–Crippen MR) is 247 cm³/mol. The second-order valence-electron chi connectivity index (χ2n) is 17.7. The van der Waals surface area contributed by atoms with Crippen LogP contribution < -0.4 is 0 Å². The van der Waals surface area contributed by atoms with Gasteiger partial charge in [0.25, 0.3) is 0 Å². The molecule has 0 saturated carbocycles. The molecule has 2 nitrogen and oxygen atoms in total. The summed E-state index contributed by atoms with van der Waals surface area (Å²) in [4.78, 5) is 2.47. The predicted octanol–water partition coefficient (Wildman–Crippen LogP) is 14.8. The summed E-state index contributed by atoms with van der Waals surface area (Å²) in [6, 6.07) is 39.2. The number of rotatable bonds is 4. The first kappa shape index (κ1) is 34.6. The summed E-state index contributed by atoms with van der Waals surface area (Å²) < 4.78 is 6.95. The molecule has 12 rings (SSSR count). The maximum Gasteiger partial charge on any atom is 0.143 e. The lowest BCUT2D eigenvalue weighted by atomic mass is 9.74. The second kappa shape index (κ2) is 13.3. The van der Waals surface area contributed by atoms with Crippen molar-refractivity contribution >= 4 is 37.9 Å². The zero-order valence-electron chi connectivity index (χ0n) is 33.8. The largest absolute Gasteiger partial charge is 0.486 e. The number of hydrogen-bond donors (Lipinski definition) is 0. The second-order valence-corrected chi connectivity index (χ2v) is 17.7. The molecule has 286 valence electrons. The molecule has 5 aliphatic carbocycles. The molecule has 2 heteroatoms. The summed E-state index contributed by atoms with van der Waals surface area (Å²) >= 11 is 0. The average Bonchev–Trinajstić information content (AvgIpc) is 3.53. The third-order valence-electron chi connectivity index (χ3n) is 14.1. The van der Waals surface area contributed by atoms with Gasteiger partial charge in [0, 0.05) is 24.5 Å². The molecule has 0 saturated heterocycles. The zero-order valence-corrected chi connectivity index (χ0v) is 33.8. The highest BCUT2D eigenvalue weighted by Crippen LogP contribution is 2.57. The Kier molecular flexibility index (Phi) is 7.83. The van der Waals surface area contributed by atoms with Gasteiger partial charge in [-0.15, -0.1) is 0 Å². The fourth-order valence-electron chi connectivity index (χ4n) is 11.3. The fourth-order valence-corrected chi connectivity index (χ4v) is 11.3. The maximum atomic E-state index is 6.95. The Bertz CT molecular complexity index is 3030. The smallest absolute Gasteiger partial charge is 0.143 e. The molecule has 0 amide bonds. The summed E-state index contributed by atoms with van der Waals surface area (Å²) in [5.41, 5.74) is 14.4. The highest BCUT2D eigenvalue weighted by atomic mass is 16.5. The van der Waals surface area contributed by atoms with Crippen LogP contribution in [0.2, 0.25) is 0 Å². The third kappa shape index (κ3) is 5.25. The van der Waals surface area contributed by atoms with Crippen molar-refractivity contribution in [2.75, 3.05) is 0 Å². The molecule has 0 radical (unpaired) electrons. The van der Waals surface area contributed by atoms with Gasteiger partial charge >= 0.3 is 0 Å². The van der Waals surface area contributed by atoms with Gasteiger partial charge in [-0.1, -0.05) is 153 Å². The van der Waals surface area contributed by atoms with Crippen LogP contribution in [0.15, 0.2) is 193 Å². The molecule has 0 aromatic heterocycles. The Labute approximate surface area is 347 Å². The van der Waals surface area contributed by atoms with Gasteiger partial charge in [-0.3, -0.25) is 0 Å². The molecule has 3 unspecified atom stereocenters. The SMILES string of the molecule is CC1(C)c2cc(-c3c4ccccc4c(-c4ccccc4)c4ccc(C5=CC=C6C(C5)OC5=C(C=CCC5)N6C5=CCCC=C5)cc34)c3ccccc3c2C2C=CC=CC21.